The van der Waals surface area contributed by atoms with Crippen molar-refractivity contribution in [1.82, 2.24) is 21.3 Å². The fraction of sp³-hybridized carbons (Fsp3) is 0.455. The van der Waals surface area contributed by atoms with Crippen LogP contribution in [0.5, 0.6) is 0 Å². The number of rotatable bonds is 13. The van der Waals surface area contributed by atoms with Crippen LogP contribution in [0.4, 0.5) is 0 Å². The van der Waals surface area contributed by atoms with Crippen LogP contribution in [-0.4, -0.2) is 81.7 Å². The number of carboxylic acid groups (broad SMARTS) is 3. The van der Waals surface area contributed by atoms with E-state index in [0.29, 0.717) is 18.5 Å². The summed E-state index contributed by atoms with van der Waals surface area (Å²) in [4.78, 5) is 71.7. The van der Waals surface area contributed by atoms with Crippen molar-refractivity contribution in [3.8, 4) is 0 Å². The van der Waals surface area contributed by atoms with Gasteiger partial charge in [-0.2, -0.15) is 0 Å². The van der Waals surface area contributed by atoms with Crippen LogP contribution < -0.4 is 21.3 Å². The van der Waals surface area contributed by atoms with Gasteiger partial charge in [-0.15, -0.1) is 0 Å². The van der Waals surface area contributed by atoms with Crippen molar-refractivity contribution in [2.24, 2.45) is 0 Å². The lowest BCUT2D eigenvalue weighted by atomic mass is 10.0. The maximum absolute atomic E-state index is 13.1. The van der Waals surface area contributed by atoms with E-state index in [1.54, 1.807) is 30.3 Å². The van der Waals surface area contributed by atoms with Crippen LogP contribution in [0.25, 0.3) is 0 Å². The van der Waals surface area contributed by atoms with E-state index in [1.807, 2.05) is 5.32 Å². The van der Waals surface area contributed by atoms with Crippen LogP contribution in [0.15, 0.2) is 30.3 Å². The van der Waals surface area contributed by atoms with E-state index in [4.69, 9.17) is 10.2 Å². The van der Waals surface area contributed by atoms with Gasteiger partial charge in [0.15, 0.2) is 0 Å². The molecule has 0 bridgehead atoms. The van der Waals surface area contributed by atoms with E-state index in [9.17, 15) is 33.9 Å². The lowest BCUT2D eigenvalue weighted by Crippen LogP contribution is -2.58. The molecule has 4 atom stereocenters. The summed E-state index contributed by atoms with van der Waals surface area (Å²) in [6.07, 6.45) is -0.433. The third-order valence-electron chi connectivity index (χ3n) is 5.30. The van der Waals surface area contributed by atoms with Crippen LogP contribution in [0, 0.1) is 0 Å². The van der Waals surface area contributed by atoms with Gasteiger partial charge in [0.1, 0.15) is 18.1 Å². The smallest absolute Gasteiger partial charge is 0.326 e. The molecule has 0 spiro atoms. The first-order valence-electron chi connectivity index (χ1n) is 10.9. The molecular formula is C22H28N4O9. The number of nitrogens with one attached hydrogen (secondary N) is 4. The van der Waals surface area contributed by atoms with Crippen molar-refractivity contribution in [3.05, 3.63) is 35.9 Å². The number of amides is 3. The molecular weight excluding hydrogens is 464 g/mol. The number of hydrogen-bond acceptors (Lipinski definition) is 7. The SMILES string of the molecule is O=C(O)CC(NC(=O)C(CC(=O)O)NC(=O)C(Cc1ccccc1)NC(=O)C1CCCN1)C(=O)O. The fourth-order valence-corrected chi connectivity index (χ4v) is 3.54. The third kappa shape index (κ3) is 9.04. The average Bonchev–Trinajstić information content (AvgIpc) is 3.33. The molecule has 1 aromatic rings. The zero-order valence-electron chi connectivity index (χ0n) is 18.7. The minimum atomic E-state index is -1.83. The summed E-state index contributed by atoms with van der Waals surface area (Å²) < 4.78 is 0. The monoisotopic (exact) mass is 492 g/mol. The molecule has 1 fully saturated rings. The number of hydrogen-bond donors (Lipinski definition) is 7. The molecule has 13 heteroatoms. The van der Waals surface area contributed by atoms with Gasteiger partial charge >= 0.3 is 17.9 Å². The molecule has 1 heterocycles. The van der Waals surface area contributed by atoms with Crippen molar-refractivity contribution in [3.63, 3.8) is 0 Å². The highest BCUT2D eigenvalue weighted by Gasteiger charge is 2.33. The van der Waals surface area contributed by atoms with Gasteiger partial charge in [-0.25, -0.2) is 4.79 Å². The molecule has 0 saturated carbocycles. The Bertz CT molecular complexity index is 948. The fourth-order valence-electron chi connectivity index (χ4n) is 3.54. The van der Waals surface area contributed by atoms with Crippen LogP contribution in [0.3, 0.4) is 0 Å². The molecule has 0 radical (unpaired) electrons. The van der Waals surface area contributed by atoms with Crippen LogP contribution >= 0.6 is 0 Å². The first kappa shape index (κ1) is 27.2. The predicted molar refractivity (Wildman–Crippen MR) is 119 cm³/mol. The molecule has 1 aliphatic heterocycles. The standard InChI is InChI=1S/C22H28N4O9/c27-17(28)10-15(21(33)26-16(22(34)35)11-18(29)30)25-20(32)14(9-12-5-2-1-3-6-12)24-19(31)13-7-4-8-23-13/h1-3,5-6,13-16,23H,4,7-11H2,(H,24,31)(H,25,32)(H,26,33)(H,27,28)(H,29,30)(H,34,35). The Morgan fingerprint density at radius 3 is 1.94 bits per heavy atom. The Kier molecular flexibility index (Phi) is 10.1. The quantitative estimate of drug-likeness (QED) is 0.169. The highest BCUT2D eigenvalue weighted by atomic mass is 16.4. The number of carbonyl (C=O) groups is 6. The average molecular weight is 492 g/mol. The summed E-state index contributed by atoms with van der Waals surface area (Å²) in [5.74, 6) is -7.06. The Morgan fingerprint density at radius 1 is 0.829 bits per heavy atom. The lowest BCUT2D eigenvalue weighted by molar-refractivity contribution is -0.148. The molecule has 4 unspecified atom stereocenters. The van der Waals surface area contributed by atoms with Crippen molar-refractivity contribution in [2.45, 2.75) is 56.3 Å². The summed E-state index contributed by atoms with van der Waals surface area (Å²) in [5, 5.41) is 37.0. The highest BCUT2D eigenvalue weighted by Crippen LogP contribution is 2.09. The Morgan fingerprint density at radius 2 is 1.40 bits per heavy atom. The van der Waals surface area contributed by atoms with Gasteiger partial charge in [-0.05, 0) is 24.9 Å². The minimum absolute atomic E-state index is 0.0449. The summed E-state index contributed by atoms with van der Waals surface area (Å²) in [7, 11) is 0. The zero-order chi connectivity index (χ0) is 26.0. The van der Waals surface area contributed by atoms with Crippen LogP contribution in [0.2, 0.25) is 0 Å². The van der Waals surface area contributed by atoms with Gasteiger partial charge in [-0.1, -0.05) is 30.3 Å². The normalized spacial score (nSPS) is 17.4. The van der Waals surface area contributed by atoms with Crippen molar-refractivity contribution < 1.29 is 44.1 Å². The Hall–Kier alpha value is -4.00. The van der Waals surface area contributed by atoms with Crippen LogP contribution in [-0.2, 0) is 35.2 Å². The first-order chi connectivity index (χ1) is 16.6. The number of benzene rings is 1. The third-order valence-corrected chi connectivity index (χ3v) is 5.30. The molecule has 13 nitrogen and oxygen atoms in total. The summed E-state index contributed by atoms with van der Waals surface area (Å²) in [5.41, 5.74) is 0.693. The van der Waals surface area contributed by atoms with E-state index in [1.165, 1.54) is 0 Å². The number of carboxylic acids is 3. The molecule has 0 aromatic heterocycles. The van der Waals surface area contributed by atoms with E-state index in [0.717, 1.165) is 6.42 Å². The van der Waals surface area contributed by atoms with E-state index in [-0.39, 0.29) is 6.42 Å². The predicted octanol–water partition coefficient (Wildman–Crippen LogP) is -1.53. The molecule has 1 aliphatic rings. The lowest BCUT2D eigenvalue weighted by Gasteiger charge is -2.24. The molecule has 1 aromatic carbocycles. The Balaban J connectivity index is 2.19. The Labute approximate surface area is 200 Å². The maximum atomic E-state index is 13.1. The van der Waals surface area contributed by atoms with Gasteiger partial charge in [0.05, 0.1) is 18.9 Å². The van der Waals surface area contributed by atoms with Crippen LogP contribution in [0.1, 0.15) is 31.2 Å². The van der Waals surface area contributed by atoms with E-state index >= 15 is 0 Å². The van der Waals surface area contributed by atoms with Gasteiger partial charge in [0, 0.05) is 6.42 Å². The molecule has 35 heavy (non-hydrogen) atoms. The van der Waals surface area contributed by atoms with Gasteiger partial charge in [0.2, 0.25) is 17.7 Å². The highest BCUT2D eigenvalue weighted by molar-refractivity contribution is 5.96. The molecule has 0 aliphatic carbocycles. The van der Waals surface area contributed by atoms with Gasteiger partial charge in [0.25, 0.3) is 0 Å². The largest absolute Gasteiger partial charge is 0.481 e. The summed E-state index contributed by atoms with van der Waals surface area (Å²) in [6.45, 7) is 0.648. The van der Waals surface area contributed by atoms with Gasteiger partial charge in [-0.3, -0.25) is 24.0 Å². The van der Waals surface area contributed by atoms with Crippen molar-refractivity contribution >= 4 is 35.6 Å². The second-order valence-corrected chi connectivity index (χ2v) is 8.06. The number of carbonyl (C=O) groups excluding carboxylic acids is 3. The summed E-state index contributed by atoms with van der Waals surface area (Å²) >= 11 is 0. The minimum Gasteiger partial charge on any atom is -0.481 e. The summed E-state index contributed by atoms with van der Waals surface area (Å²) in [6, 6.07) is 3.49. The zero-order valence-corrected chi connectivity index (χ0v) is 18.7. The molecule has 190 valence electrons. The van der Waals surface area contributed by atoms with E-state index in [2.05, 4.69) is 16.0 Å². The topological polar surface area (TPSA) is 211 Å². The second-order valence-electron chi connectivity index (χ2n) is 8.06. The van der Waals surface area contributed by atoms with Crippen molar-refractivity contribution in [1.29, 1.82) is 0 Å². The molecule has 3 amide bonds. The molecule has 1 saturated heterocycles. The first-order valence-corrected chi connectivity index (χ1v) is 10.9. The molecule has 2 rings (SSSR count). The van der Waals surface area contributed by atoms with Crippen molar-refractivity contribution in [2.75, 3.05) is 6.54 Å². The maximum Gasteiger partial charge on any atom is 0.326 e. The van der Waals surface area contributed by atoms with E-state index < -0.39 is 72.6 Å². The second kappa shape index (κ2) is 13.0. The number of aliphatic carboxylic acids is 3. The molecule has 7 N–H and O–H groups in total. The van der Waals surface area contributed by atoms with Gasteiger partial charge < -0.3 is 36.6 Å².